The number of nitrogen functional groups attached to an aromatic ring is 1. The van der Waals surface area contributed by atoms with Crippen LogP contribution < -0.4 is 10.5 Å². The lowest BCUT2D eigenvalue weighted by atomic mass is 10.2. The molecule has 0 spiro atoms. The minimum Gasteiger partial charge on any atom is -0.487 e. The first-order valence-electron chi connectivity index (χ1n) is 5.08. The van der Waals surface area contributed by atoms with Crippen molar-refractivity contribution in [1.29, 1.82) is 0 Å². The fraction of sp³-hybridized carbons (Fsp3) is 0.0769. The number of para-hydroxylation sites is 1. The molecule has 0 saturated heterocycles. The zero-order chi connectivity index (χ0) is 12.3. The highest BCUT2D eigenvalue weighted by Gasteiger charge is 2.05. The Morgan fingerprint density at radius 2 is 1.94 bits per heavy atom. The van der Waals surface area contributed by atoms with E-state index in [1.165, 1.54) is 6.07 Å². The van der Waals surface area contributed by atoms with Gasteiger partial charge in [0.25, 0.3) is 0 Å². The fourth-order valence-corrected chi connectivity index (χ4v) is 1.59. The van der Waals surface area contributed by atoms with Crippen LogP contribution in [0.1, 0.15) is 5.56 Å². The standard InChI is InChI=1S/C13H11ClFNO/c14-11-3-1-2-4-13(11)17-8-9-5-6-10(16)7-12(9)15/h1-7H,8,16H2. The normalized spacial score (nSPS) is 10.2. The van der Waals surface area contributed by atoms with E-state index >= 15 is 0 Å². The van der Waals surface area contributed by atoms with E-state index < -0.39 is 0 Å². The van der Waals surface area contributed by atoms with Gasteiger partial charge in [0.05, 0.1) is 5.02 Å². The average Bonchev–Trinajstić information content (AvgIpc) is 2.30. The molecule has 0 saturated carbocycles. The predicted octanol–water partition coefficient (Wildman–Crippen LogP) is 3.64. The summed E-state index contributed by atoms with van der Waals surface area (Å²) >= 11 is 5.92. The van der Waals surface area contributed by atoms with Crippen LogP contribution in [0.5, 0.6) is 5.75 Å². The number of ether oxygens (including phenoxy) is 1. The van der Waals surface area contributed by atoms with Crippen LogP contribution in [0.3, 0.4) is 0 Å². The van der Waals surface area contributed by atoms with Gasteiger partial charge in [0.2, 0.25) is 0 Å². The third-order valence-electron chi connectivity index (χ3n) is 2.30. The molecule has 0 fully saturated rings. The molecule has 0 aromatic heterocycles. The second kappa shape index (κ2) is 5.06. The summed E-state index contributed by atoms with van der Waals surface area (Å²) in [7, 11) is 0. The molecule has 2 aromatic rings. The topological polar surface area (TPSA) is 35.2 Å². The van der Waals surface area contributed by atoms with Crippen LogP contribution in [0.4, 0.5) is 10.1 Å². The summed E-state index contributed by atoms with van der Waals surface area (Å²) in [5.41, 5.74) is 6.29. The molecule has 88 valence electrons. The SMILES string of the molecule is Nc1ccc(COc2ccccc2Cl)c(F)c1. The van der Waals surface area contributed by atoms with Crippen molar-refractivity contribution in [3.05, 3.63) is 58.9 Å². The van der Waals surface area contributed by atoms with Gasteiger partial charge in [-0.3, -0.25) is 0 Å². The number of rotatable bonds is 3. The van der Waals surface area contributed by atoms with Crippen molar-refractivity contribution < 1.29 is 9.13 Å². The quantitative estimate of drug-likeness (QED) is 0.846. The Kier molecular flexibility index (Phi) is 3.49. The lowest BCUT2D eigenvalue weighted by molar-refractivity contribution is 0.300. The van der Waals surface area contributed by atoms with Crippen molar-refractivity contribution in [2.24, 2.45) is 0 Å². The van der Waals surface area contributed by atoms with Crippen LogP contribution in [0.15, 0.2) is 42.5 Å². The van der Waals surface area contributed by atoms with E-state index in [1.54, 1.807) is 36.4 Å². The highest BCUT2D eigenvalue weighted by Crippen LogP contribution is 2.24. The smallest absolute Gasteiger partial charge is 0.138 e. The van der Waals surface area contributed by atoms with Gasteiger partial charge in [0.1, 0.15) is 18.2 Å². The zero-order valence-electron chi connectivity index (χ0n) is 8.99. The fourth-order valence-electron chi connectivity index (χ4n) is 1.40. The largest absolute Gasteiger partial charge is 0.487 e. The molecule has 2 N–H and O–H groups in total. The van der Waals surface area contributed by atoms with E-state index in [-0.39, 0.29) is 12.4 Å². The van der Waals surface area contributed by atoms with Gasteiger partial charge in [-0.1, -0.05) is 29.8 Å². The third-order valence-corrected chi connectivity index (χ3v) is 2.61. The number of hydrogen-bond acceptors (Lipinski definition) is 2. The Morgan fingerprint density at radius 3 is 2.65 bits per heavy atom. The number of benzene rings is 2. The van der Waals surface area contributed by atoms with Gasteiger partial charge >= 0.3 is 0 Å². The molecule has 0 atom stereocenters. The first-order chi connectivity index (χ1) is 8.16. The van der Waals surface area contributed by atoms with E-state index in [9.17, 15) is 4.39 Å². The van der Waals surface area contributed by atoms with Crippen LogP contribution in [0.2, 0.25) is 5.02 Å². The monoisotopic (exact) mass is 251 g/mol. The molecular weight excluding hydrogens is 241 g/mol. The second-order valence-corrected chi connectivity index (χ2v) is 3.98. The summed E-state index contributed by atoms with van der Waals surface area (Å²) in [5, 5.41) is 0.503. The molecule has 0 radical (unpaired) electrons. The Bertz CT molecular complexity index is 531. The van der Waals surface area contributed by atoms with Gasteiger partial charge in [-0.2, -0.15) is 0 Å². The highest BCUT2D eigenvalue weighted by atomic mass is 35.5. The van der Waals surface area contributed by atoms with Crippen molar-refractivity contribution in [1.82, 2.24) is 0 Å². The lowest BCUT2D eigenvalue weighted by Gasteiger charge is -2.08. The summed E-state index contributed by atoms with van der Waals surface area (Å²) < 4.78 is 18.9. The molecular formula is C13H11ClFNO. The number of hydrogen-bond donors (Lipinski definition) is 1. The van der Waals surface area contributed by atoms with Gasteiger partial charge < -0.3 is 10.5 Å². The molecule has 0 aliphatic rings. The van der Waals surface area contributed by atoms with Crippen LogP contribution in [0, 0.1) is 5.82 Å². The van der Waals surface area contributed by atoms with Gasteiger partial charge in [0.15, 0.2) is 0 Å². The van der Waals surface area contributed by atoms with Crippen molar-refractivity contribution >= 4 is 17.3 Å². The molecule has 0 heterocycles. The molecule has 2 rings (SSSR count). The minimum atomic E-state index is -0.378. The van der Waals surface area contributed by atoms with Gasteiger partial charge in [-0.05, 0) is 24.3 Å². The minimum absolute atomic E-state index is 0.121. The van der Waals surface area contributed by atoms with Crippen LogP contribution in [0.25, 0.3) is 0 Å². The Hall–Kier alpha value is -1.74. The van der Waals surface area contributed by atoms with Gasteiger partial charge in [-0.15, -0.1) is 0 Å². The van der Waals surface area contributed by atoms with Gasteiger partial charge in [0, 0.05) is 11.3 Å². The first-order valence-corrected chi connectivity index (χ1v) is 5.46. The number of nitrogens with two attached hydrogens (primary N) is 1. The van der Waals surface area contributed by atoms with E-state index in [0.717, 1.165) is 0 Å². The zero-order valence-corrected chi connectivity index (χ0v) is 9.75. The maximum atomic E-state index is 13.5. The summed E-state index contributed by atoms with van der Waals surface area (Å²) in [6.07, 6.45) is 0. The summed E-state index contributed by atoms with van der Waals surface area (Å²) in [6, 6.07) is 11.6. The molecule has 0 unspecified atom stereocenters. The predicted molar refractivity (Wildman–Crippen MR) is 66.6 cm³/mol. The van der Waals surface area contributed by atoms with Crippen molar-refractivity contribution in [2.45, 2.75) is 6.61 Å². The summed E-state index contributed by atoms with van der Waals surface area (Å²) in [5.74, 6) is 0.155. The molecule has 0 aliphatic carbocycles. The molecule has 0 bridgehead atoms. The Morgan fingerprint density at radius 1 is 1.18 bits per heavy atom. The van der Waals surface area contributed by atoms with E-state index in [0.29, 0.717) is 22.0 Å². The van der Waals surface area contributed by atoms with Crippen molar-refractivity contribution in [3.63, 3.8) is 0 Å². The van der Waals surface area contributed by atoms with E-state index in [1.807, 2.05) is 0 Å². The summed E-state index contributed by atoms with van der Waals surface area (Å²) in [6.45, 7) is 0.121. The first kappa shape index (κ1) is 11.7. The number of anilines is 1. The summed E-state index contributed by atoms with van der Waals surface area (Å²) in [4.78, 5) is 0. The molecule has 17 heavy (non-hydrogen) atoms. The molecule has 4 heteroatoms. The van der Waals surface area contributed by atoms with Crippen molar-refractivity contribution in [3.8, 4) is 5.75 Å². The Balaban J connectivity index is 2.10. The maximum absolute atomic E-state index is 13.5. The van der Waals surface area contributed by atoms with Crippen LogP contribution >= 0.6 is 11.6 Å². The van der Waals surface area contributed by atoms with Crippen LogP contribution in [-0.4, -0.2) is 0 Å². The van der Waals surface area contributed by atoms with E-state index in [4.69, 9.17) is 22.1 Å². The maximum Gasteiger partial charge on any atom is 0.138 e. The lowest BCUT2D eigenvalue weighted by Crippen LogP contribution is -1.99. The molecule has 2 nitrogen and oxygen atoms in total. The number of halogens is 2. The van der Waals surface area contributed by atoms with E-state index in [2.05, 4.69) is 0 Å². The third kappa shape index (κ3) is 2.88. The van der Waals surface area contributed by atoms with Crippen LogP contribution in [-0.2, 0) is 6.61 Å². The highest BCUT2D eigenvalue weighted by molar-refractivity contribution is 6.32. The van der Waals surface area contributed by atoms with Gasteiger partial charge in [-0.25, -0.2) is 4.39 Å². The molecule has 2 aromatic carbocycles. The Labute approximate surface area is 104 Å². The molecule has 0 amide bonds. The molecule has 0 aliphatic heterocycles. The average molecular weight is 252 g/mol. The second-order valence-electron chi connectivity index (χ2n) is 3.57. The van der Waals surface area contributed by atoms with Crippen molar-refractivity contribution in [2.75, 3.05) is 5.73 Å².